The van der Waals surface area contributed by atoms with Crippen molar-refractivity contribution in [2.24, 2.45) is 0 Å². The molecule has 1 N–H and O–H groups in total. The first-order chi connectivity index (χ1) is 7.63. The van der Waals surface area contributed by atoms with Crippen LogP contribution in [0.1, 0.15) is 10.4 Å². The minimum absolute atomic E-state index is 0.0835. The van der Waals surface area contributed by atoms with E-state index < -0.39 is 0 Å². The predicted molar refractivity (Wildman–Crippen MR) is 63.9 cm³/mol. The van der Waals surface area contributed by atoms with Gasteiger partial charge in [-0.2, -0.15) is 0 Å². The van der Waals surface area contributed by atoms with Crippen molar-refractivity contribution in [3.8, 4) is 5.75 Å². The Bertz CT molecular complexity index is 333. The first kappa shape index (κ1) is 12.5. The highest BCUT2D eigenvalue weighted by atomic mass is 16.5. The first-order valence-corrected chi connectivity index (χ1v) is 5.23. The zero-order chi connectivity index (χ0) is 12.0. The van der Waals surface area contributed by atoms with Crippen molar-refractivity contribution in [1.29, 1.82) is 0 Å². The second-order valence-corrected chi connectivity index (χ2v) is 3.76. The summed E-state index contributed by atoms with van der Waals surface area (Å²) in [6.07, 6.45) is 0. The summed E-state index contributed by atoms with van der Waals surface area (Å²) in [5, 5.41) is 2.57. The number of hydrogen-bond acceptors (Lipinski definition) is 3. The summed E-state index contributed by atoms with van der Waals surface area (Å²) in [5.74, 6) is 0.703. The Balaban J connectivity index is 2.48. The van der Waals surface area contributed by atoms with Gasteiger partial charge in [0.25, 0.3) is 5.91 Å². The summed E-state index contributed by atoms with van der Waals surface area (Å²) in [6, 6.07) is 7.12. The number of benzene rings is 1. The molecular weight excluding hydrogens is 204 g/mol. The number of carbonyl (C=O) groups excluding carboxylic acids is 1. The number of ether oxygens (including phenoxy) is 1. The molecule has 4 nitrogen and oxygen atoms in total. The van der Waals surface area contributed by atoms with Crippen molar-refractivity contribution in [2.45, 2.75) is 0 Å². The second-order valence-electron chi connectivity index (χ2n) is 3.76. The molecule has 1 aromatic carbocycles. The van der Waals surface area contributed by atoms with Gasteiger partial charge in [-0.3, -0.25) is 4.79 Å². The Kier molecular flexibility index (Phi) is 4.79. The lowest BCUT2D eigenvalue weighted by atomic mass is 10.2. The molecule has 0 aliphatic carbocycles. The van der Waals surface area contributed by atoms with Gasteiger partial charge in [-0.25, -0.2) is 0 Å². The summed E-state index contributed by atoms with van der Waals surface area (Å²) in [4.78, 5) is 13.3. The molecule has 0 saturated carbocycles. The van der Waals surface area contributed by atoms with Gasteiger partial charge < -0.3 is 15.0 Å². The van der Waals surface area contributed by atoms with Crippen LogP contribution in [0, 0.1) is 0 Å². The van der Waals surface area contributed by atoms with Gasteiger partial charge in [-0.15, -0.1) is 0 Å². The number of carbonyl (C=O) groups is 1. The topological polar surface area (TPSA) is 41.6 Å². The van der Waals surface area contributed by atoms with Crippen LogP contribution in [-0.2, 0) is 0 Å². The van der Waals surface area contributed by atoms with E-state index in [0.717, 1.165) is 12.3 Å². The molecule has 0 aliphatic heterocycles. The van der Waals surface area contributed by atoms with E-state index >= 15 is 0 Å². The summed E-state index contributed by atoms with van der Waals surface area (Å²) in [7, 11) is 5.61. The molecule has 1 amide bonds. The van der Waals surface area contributed by atoms with E-state index in [0.29, 0.717) is 12.2 Å². The number of amides is 1. The lowest BCUT2D eigenvalue weighted by Crippen LogP contribution is -2.19. The maximum Gasteiger partial charge on any atom is 0.251 e. The fourth-order valence-corrected chi connectivity index (χ4v) is 1.19. The van der Waals surface area contributed by atoms with Gasteiger partial charge in [0.05, 0.1) is 0 Å². The fraction of sp³-hybridized carbons (Fsp3) is 0.417. The maximum atomic E-state index is 11.3. The quantitative estimate of drug-likeness (QED) is 0.807. The molecule has 4 heteroatoms. The third-order valence-electron chi connectivity index (χ3n) is 2.15. The third kappa shape index (κ3) is 3.90. The molecule has 0 saturated heterocycles. The Labute approximate surface area is 96.2 Å². The molecule has 0 spiro atoms. The Morgan fingerprint density at radius 3 is 2.44 bits per heavy atom. The summed E-state index contributed by atoms with van der Waals surface area (Å²) < 4.78 is 5.51. The third-order valence-corrected chi connectivity index (χ3v) is 2.15. The number of rotatable bonds is 5. The molecule has 0 fully saturated rings. The van der Waals surface area contributed by atoms with E-state index in [4.69, 9.17) is 4.74 Å². The summed E-state index contributed by atoms with van der Waals surface area (Å²) >= 11 is 0. The molecule has 0 bridgehead atoms. The van der Waals surface area contributed by atoms with Gasteiger partial charge in [-0.1, -0.05) is 0 Å². The van der Waals surface area contributed by atoms with Crippen LogP contribution in [0.2, 0.25) is 0 Å². The lowest BCUT2D eigenvalue weighted by Gasteiger charge is -2.11. The molecule has 0 radical (unpaired) electrons. The smallest absolute Gasteiger partial charge is 0.251 e. The molecule has 0 aromatic heterocycles. The van der Waals surface area contributed by atoms with Crippen LogP contribution in [0.15, 0.2) is 24.3 Å². The minimum Gasteiger partial charge on any atom is -0.492 e. The van der Waals surface area contributed by atoms with Gasteiger partial charge in [0.1, 0.15) is 12.4 Å². The average molecular weight is 222 g/mol. The van der Waals surface area contributed by atoms with Crippen molar-refractivity contribution in [1.82, 2.24) is 10.2 Å². The van der Waals surface area contributed by atoms with Crippen molar-refractivity contribution < 1.29 is 9.53 Å². The van der Waals surface area contributed by atoms with Crippen LogP contribution in [0.3, 0.4) is 0 Å². The van der Waals surface area contributed by atoms with E-state index in [1.165, 1.54) is 0 Å². The van der Waals surface area contributed by atoms with Gasteiger partial charge in [0, 0.05) is 19.2 Å². The van der Waals surface area contributed by atoms with Crippen molar-refractivity contribution >= 4 is 5.91 Å². The van der Waals surface area contributed by atoms with Crippen LogP contribution in [-0.4, -0.2) is 45.1 Å². The summed E-state index contributed by atoms with van der Waals surface area (Å²) in [6.45, 7) is 1.52. The van der Waals surface area contributed by atoms with Crippen LogP contribution < -0.4 is 10.1 Å². The Hall–Kier alpha value is -1.55. The highest BCUT2D eigenvalue weighted by Gasteiger charge is 2.02. The molecule has 88 valence electrons. The van der Waals surface area contributed by atoms with E-state index in [1.54, 1.807) is 31.3 Å². The van der Waals surface area contributed by atoms with Crippen LogP contribution >= 0.6 is 0 Å². The molecule has 0 unspecified atom stereocenters. The molecule has 1 rings (SSSR count). The Morgan fingerprint density at radius 2 is 1.94 bits per heavy atom. The Morgan fingerprint density at radius 1 is 1.31 bits per heavy atom. The van der Waals surface area contributed by atoms with Gasteiger partial charge >= 0.3 is 0 Å². The van der Waals surface area contributed by atoms with Crippen LogP contribution in [0.4, 0.5) is 0 Å². The molecular formula is C12H18N2O2. The standard InChI is InChI=1S/C12H18N2O2/c1-13-12(15)10-4-6-11(7-5-10)16-9-8-14(2)3/h4-7H,8-9H2,1-3H3,(H,13,15). The SMILES string of the molecule is CNC(=O)c1ccc(OCCN(C)C)cc1. The highest BCUT2D eigenvalue weighted by molar-refractivity contribution is 5.94. The molecule has 0 heterocycles. The van der Waals surface area contributed by atoms with Gasteiger partial charge in [0.2, 0.25) is 0 Å². The lowest BCUT2D eigenvalue weighted by molar-refractivity contribution is 0.0963. The summed E-state index contributed by atoms with van der Waals surface area (Å²) in [5.41, 5.74) is 0.641. The fourth-order valence-electron chi connectivity index (χ4n) is 1.19. The van der Waals surface area contributed by atoms with Crippen molar-refractivity contribution in [3.05, 3.63) is 29.8 Å². The second kappa shape index (κ2) is 6.12. The largest absolute Gasteiger partial charge is 0.492 e. The maximum absolute atomic E-state index is 11.3. The molecule has 1 aromatic rings. The van der Waals surface area contributed by atoms with Crippen LogP contribution in [0.25, 0.3) is 0 Å². The zero-order valence-electron chi connectivity index (χ0n) is 9.99. The van der Waals surface area contributed by atoms with Crippen LogP contribution in [0.5, 0.6) is 5.75 Å². The normalized spacial score (nSPS) is 10.2. The van der Waals surface area contributed by atoms with E-state index in [1.807, 2.05) is 14.1 Å². The predicted octanol–water partition coefficient (Wildman–Crippen LogP) is 0.987. The monoisotopic (exact) mass is 222 g/mol. The average Bonchev–Trinajstić information content (AvgIpc) is 2.28. The number of hydrogen-bond donors (Lipinski definition) is 1. The minimum atomic E-state index is -0.0835. The molecule has 16 heavy (non-hydrogen) atoms. The number of nitrogens with one attached hydrogen (secondary N) is 1. The first-order valence-electron chi connectivity index (χ1n) is 5.23. The van der Waals surface area contributed by atoms with E-state index in [9.17, 15) is 4.79 Å². The van der Waals surface area contributed by atoms with Gasteiger partial charge in [-0.05, 0) is 38.4 Å². The van der Waals surface area contributed by atoms with E-state index in [2.05, 4.69) is 10.2 Å². The van der Waals surface area contributed by atoms with Crippen molar-refractivity contribution in [2.75, 3.05) is 34.3 Å². The zero-order valence-corrected chi connectivity index (χ0v) is 9.99. The van der Waals surface area contributed by atoms with E-state index in [-0.39, 0.29) is 5.91 Å². The van der Waals surface area contributed by atoms with Gasteiger partial charge in [0.15, 0.2) is 0 Å². The molecule has 0 atom stereocenters. The highest BCUT2D eigenvalue weighted by Crippen LogP contribution is 2.11. The molecule has 0 aliphatic rings. The number of likely N-dealkylation sites (N-methyl/N-ethyl adjacent to an activating group) is 1. The van der Waals surface area contributed by atoms with Crippen molar-refractivity contribution in [3.63, 3.8) is 0 Å². The number of nitrogens with zero attached hydrogens (tertiary/aromatic N) is 1.